The molecular formula is C14H14N6. The summed E-state index contributed by atoms with van der Waals surface area (Å²) in [5, 5.41) is 31.9. The van der Waals surface area contributed by atoms with Crippen LogP contribution in [0.3, 0.4) is 0 Å². The minimum atomic E-state index is -0.378. The summed E-state index contributed by atoms with van der Waals surface area (Å²) in [6.45, 7) is 5.67. The van der Waals surface area contributed by atoms with Gasteiger partial charge in [0.1, 0.15) is 0 Å². The van der Waals surface area contributed by atoms with Crippen LogP contribution in [0.1, 0.15) is 31.9 Å². The molecule has 0 heterocycles. The molecule has 0 bridgehead atoms. The summed E-state index contributed by atoms with van der Waals surface area (Å²) < 4.78 is 0. The molecule has 0 aliphatic rings. The Morgan fingerprint density at radius 2 is 1.60 bits per heavy atom. The molecule has 1 aromatic carbocycles. The molecular weight excluding hydrogens is 252 g/mol. The van der Waals surface area contributed by atoms with Crippen LogP contribution < -0.4 is 10.6 Å². The van der Waals surface area contributed by atoms with E-state index in [9.17, 15) is 0 Å². The Bertz CT molecular complexity index is 614. The van der Waals surface area contributed by atoms with Crippen molar-refractivity contribution < 1.29 is 0 Å². The van der Waals surface area contributed by atoms with Gasteiger partial charge >= 0.3 is 0 Å². The van der Waals surface area contributed by atoms with Gasteiger partial charge in [0.25, 0.3) is 0 Å². The highest BCUT2D eigenvalue weighted by atomic mass is 15.2. The maximum atomic E-state index is 8.92. The molecule has 0 spiro atoms. The van der Waals surface area contributed by atoms with Crippen LogP contribution in [0.5, 0.6) is 0 Å². The maximum absolute atomic E-state index is 8.92. The third-order valence-electron chi connectivity index (χ3n) is 2.08. The van der Waals surface area contributed by atoms with Crippen LogP contribution in [0, 0.1) is 34.1 Å². The average Bonchev–Trinajstić information content (AvgIpc) is 2.36. The lowest BCUT2D eigenvalue weighted by Gasteiger charge is -2.16. The van der Waals surface area contributed by atoms with E-state index in [1.165, 1.54) is 6.07 Å². The molecule has 0 amide bonds. The van der Waals surface area contributed by atoms with Gasteiger partial charge in [-0.1, -0.05) is 0 Å². The maximum Gasteiger partial charge on any atom is 0.209 e. The molecule has 2 N–H and O–H groups in total. The van der Waals surface area contributed by atoms with Crippen molar-refractivity contribution >= 4 is 11.6 Å². The third-order valence-corrected chi connectivity index (χ3v) is 2.08. The van der Waals surface area contributed by atoms with Crippen molar-refractivity contribution in [1.29, 1.82) is 15.8 Å². The molecule has 20 heavy (non-hydrogen) atoms. The fourth-order valence-electron chi connectivity index (χ4n) is 1.44. The largest absolute Gasteiger partial charge is 0.325 e. The van der Waals surface area contributed by atoms with E-state index in [0.717, 1.165) is 0 Å². The standard InChI is InChI=1S/C14H14N6/c1-14(2,3)20-13(18-9-17)19-12-5-10(7-15)4-11(6-12)8-16/h4-6H,1-3H3,(H2,18,19,20). The number of aliphatic imine (C=N–C) groups is 1. The van der Waals surface area contributed by atoms with Crippen molar-refractivity contribution in [2.75, 3.05) is 5.32 Å². The molecule has 6 nitrogen and oxygen atoms in total. The fourth-order valence-corrected chi connectivity index (χ4v) is 1.44. The molecule has 1 rings (SSSR count). The Morgan fingerprint density at radius 1 is 1.05 bits per heavy atom. The minimum absolute atomic E-state index is 0.263. The molecule has 0 atom stereocenters. The third kappa shape index (κ3) is 4.68. The van der Waals surface area contributed by atoms with Gasteiger partial charge in [0.15, 0.2) is 6.19 Å². The van der Waals surface area contributed by atoms with Gasteiger partial charge in [0, 0.05) is 5.69 Å². The molecule has 100 valence electrons. The number of guanidine groups is 1. The summed E-state index contributed by atoms with van der Waals surface area (Å²) in [5.41, 5.74) is 0.862. The number of rotatable bonds is 1. The highest BCUT2D eigenvalue weighted by molar-refractivity contribution is 5.95. The van der Waals surface area contributed by atoms with Gasteiger partial charge in [-0.3, -0.25) is 5.32 Å². The molecule has 6 heteroatoms. The predicted octanol–water partition coefficient (Wildman–Crippen LogP) is 2.07. The Balaban J connectivity index is 3.13. The molecule has 0 saturated carbocycles. The molecule has 0 fully saturated rings. The number of benzene rings is 1. The average molecular weight is 266 g/mol. The van der Waals surface area contributed by atoms with Crippen molar-refractivity contribution in [3.05, 3.63) is 29.3 Å². The summed E-state index contributed by atoms with van der Waals surface area (Å²) in [4.78, 5) is 4.31. The van der Waals surface area contributed by atoms with Crippen LogP contribution >= 0.6 is 0 Å². The minimum Gasteiger partial charge on any atom is -0.325 e. The summed E-state index contributed by atoms with van der Waals surface area (Å²) >= 11 is 0. The molecule has 0 unspecified atom stereocenters. The van der Waals surface area contributed by atoms with Gasteiger partial charge in [-0.2, -0.15) is 15.8 Å². The Morgan fingerprint density at radius 3 is 2.00 bits per heavy atom. The van der Waals surface area contributed by atoms with E-state index in [1.807, 2.05) is 32.9 Å². The SMILES string of the molecule is CC(C)(C)N=C(NC#N)Nc1cc(C#N)cc(C#N)c1. The van der Waals surface area contributed by atoms with Crippen molar-refractivity contribution in [2.45, 2.75) is 26.3 Å². The first kappa shape index (κ1) is 15.0. The normalized spacial score (nSPS) is 10.9. The van der Waals surface area contributed by atoms with Gasteiger partial charge in [0.2, 0.25) is 5.96 Å². The van der Waals surface area contributed by atoms with Crippen LogP contribution in [0.2, 0.25) is 0 Å². The first-order valence-corrected chi connectivity index (χ1v) is 5.85. The van der Waals surface area contributed by atoms with Gasteiger partial charge in [-0.15, -0.1) is 0 Å². The van der Waals surface area contributed by atoms with E-state index in [4.69, 9.17) is 15.8 Å². The lowest BCUT2D eigenvalue weighted by atomic mass is 10.1. The zero-order valence-corrected chi connectivity index (χ0v) is 11.5. The number of anilines is 1. The number of nitrogens with one attached hydrogen (secondary N) is 2. The quantitative estimate of drug-likeness (QED) is 0.350. The van der Waals surface area contributed by atoms with E-state index in [0.29, 0.717) is 16.8 Å². The van der Waals surface area contributed by atoms with Crippen LogP contribution in [0.15, 0.2) is 23.2 Å². The van der Waals surface area contributed by atoms with E-state index in [1.54, 1.807) is 18.3 Å². The zero-order valence-electron chi connectivity index (χ0n) is 11.5. The second-order valence-electron chi connectivity index (χ2n) is 5.02. The summed E-state index contributed by atoms with van der Waals surface area (Å²) in [6.07, 6.45) is 1.79. The van der Waals surface area contributed by atoms with Crippen molar-refractivity contribution in [3.8, 4) is 18.3 Å². The van der Waals surface area contributed by atoms with Crippen molar-refractivity contribution in [3.63, 3.8) is 0 Å². The Hall–Kier alpha value is -3.04. The molecule has 1 aromatic rings. The number of hydrogen-bond donors (Lipinski definition) is 2. The first-order valence-electron chi connectivity index (χ1n) is 5.85. The molecule has 0 saturated heterocycles. The Kier molecular flexibility index (Phi) is 4.67. The van der Waals surface area contributed by atoms with E-state index in [-0.39, 0.29) is 11.5 Å². The highest BCUT2D eigenvalue weighted by Gasteiger charge is 2.11. The second kappa shape index (κ2) is 6.22. The fraction of sp³-hybridized carbons (Fsp3) is 0.286. The lowest BCUT2D eigenvalue weighted by molar-refractivity contribution is 0.581. The van der Waals surface area contributed by atoms with E-state index >= 15 is 0 Å². The van der Waals surface area contributed by atoms with Crippen LogP contribution in [0.4, 0.5) is 5.69 Å². The smallest absolute Gasteiger partial charge is 0.209 e. The van der Waals surface area contributed by atoms with Crippen LogP contribution in [-0.2, 0) is 0 Å². The van der Waals surface area contributed by atoms with Crippen LogP contribution in [0.25, 0.3) is 0 Å². The lowest BCUT2D eigenvalue weighted by Crippen LogP contribution is -2.30. The van der Waals surface area contributed by atoms with Crippen molar-refractivity contribution in [1.82, 2.24) is 5.32 Å². The molecule has 0 aliphatic carbocycles. The Labute approximate surface area is 118 Å². The van der Waals surface area contributed by atoms with E-state index in [2.05, 4.69) is 15.6 Å². The summed E-state index contributed by atoms with van der Waals surface area (Å²) in [6, 6.07) is 8.61. The number of nitriles is 3. The van der Waals surface area contributed by atoms with Gasteiger partial charge < -0.3 is 5.32 Å². The van der Waals surface area contributed by atoms with Crippen molar-refractivity contribution in [2.24, 2.45) is 4.99 Å². The molecule has 0 radical (unpaired) electrons. The summed E-state index contributed by atoms with van der Waals surface area (Å²) in [5.74, 6) is 0.263. The zero-order chi connectivity index (χ0) is 15.2. The van der Waals surface area contributed by atoms with Gasteiger partial charge in [-0.25, -0.2) is 4.99 Å². The topological polar surface area (TPSA) is 108 Å². The molecule has 0 aromatic heterocycles. The van der Waals surface area contributed by atoms with Gasteiger partial charge in [-0.05, 0) is 39.0 Å². The first-order chi connectivity index (χ1) is 9.37. The van der Waals surface area contributed by atoms with Gasteiger partial charge in [0.05, 0.1) is 28.8 Å². The second-order valence-corrected chi connectivity index (χ2v) is 5.02. The predicted molar refractivity (Wildman–Crippen MR) is 75.4 cm³/mol. The number of hydrogen-bond acceptors (Lipinski definition) is 4. The van der Waals surface area contributed by atoms with E-state index < -0.39 is 0 Å². The highest BCUT2D eigenvalue weighted by Crippen LogP contribution is 2.15. The van der Waals surface area contributed by atoms with Crippen LogP contribution in [-0.4, -0.2) is 11.5 Å². The monoisotopic (exact) mass is 266 g/mol. The molecule has 0 aliphatic heterocycles. The summed E-state index contributed by atoms with van der Waals surface area (Å²) in [7, 11) is 0. The number of nitrogens with zero attached hydrogens (tertiary/aromatic N) is 4.